The van der Waals surface area contributed by atoms with Crippen molar-refractivity contribution in [3.05, 3.63) is 51.3 Å². The highest BCUT2D eigenvalue weighted by atomic mass is 35.5. The van der Waals surface area contributed by atoms with Crippen molar-refractivity contribution in [2.24, 2.45) is 0 Å². The van der Waals surface area contributed by atoms with Gasteiger partial charge in [-0.1, -0.05) is 11.6 Å². The molecule has 1 heterocycles. The lowest BCUT2D eigenvalue weighted by Crippen LogP contribution is -1.98. The van der Waals surface area contributed by atoms with E-state index in [9.17, 15) is 10.1 Å². The number of non-ortho nitro benzene ring substituents is 1. The number of aliphatic hydroxyl groups excluding tert-OH is 1. The second-order valence-corrected chi connectivity index (χ2v) is 3.71. The van der Waals surface area contributed by atoms with Crippen molar-refractivity contribution in [3.63, 3.8) is 0 Å². The first-order valence-electron chi connectivity index (χ1n) is 4.71. The molecule has 1 aromatic carbocycles. The maximum atomic E-state index is 10.5. The van der Waals surface area contributed by atoms with Crippen LogP contribution in [0.4, 0.5) is 5.69 Å². The predicted octanol–water partition coefficient (Wildman–Crippen LogP) is 1.93. The fourth-order valence-electron chi connectivity index (χ4n) is 1.38. The van der Waals surface area contributed by atoms with Crippen LogP contribution < -0.4 is 0 Å². The van der Waals surface area contributed by atoms with E-state index in [0.29, 0.717) is 11.4 Å². The molecular formula is C10H8ClN3O3. The number of nitrogens with zero attached hydrogens (tertiary/aromatic N) is 3. The Bertz CT molecular complexity index is 568. The molecular weight excluding hydrogens is 246 g/mol. The smallest absolute Gasteiger partial charge is 0.271 e. The summed E-state index contributed by atoms with van der Waals surface area (Å²) in [7, 11) is 0. The van der Waals surface area contributed by atoms with E-state index in [-0.39, 0.29) is 17.3 Å². The van der Waals surface area contributed by atoms with Crippen LogP contribution in [0.3, 0.4) is 0 Å². The van der Waals surface area contributed by atoms with Crippen molar-refractivity contribution in [2.75, 3.05) is 0 Å². The molecule has 2 aromatic rings. The van der Waals surface area contributed by atoms with Crippen LogP contribution in [-0.4, -0.2) is 19.8 Å². The molecule has 0 saturated heterocycles. The van der Waals surface area contributed by atoms with Gasteiger partial charge in [-0.25, -0.2) is 4.68 Å². The Morgan fingerprint density at radius 2 is 2.24 bits per heavy atom. The fraction of sp³-hybridized carbons (Fsp3) is 0.100. The van der Waals surface area contributed by atoms with Gasteiger partial charge in [-0.15, -0.1) is 0 Å². The molecule has 0 bridgehead atoms. The molecule has 0 aliphatic carbocycles. The van der Waals surface area contributed by atoms with Crippen LogP contribution in [0.1, 0.15) is 5.69 Å². The lowest BCUT2D eigenvalue weighted by molar-refractivity contribution is -0.384. The van der Waals surface area contributed by atoms with Crippen molar-refractivity contribution in [1.82, 2.24) is 9.78 Å². The predicted molar refractivity (Wildman–Crippen MR) is 61.2 cm³/mol. The average Bonchev–Trinajstić information content (AvgIpc) is 2.77. The fourth-order valence-corrected chi connectivity index (χ4v) is 1.64. The maximum Gasteiger partial charge on any atom is 0.271 e. The van der Waals surface area contributed by atoms with Gasteiger partial charge < -0.3 is 5.11 Å². The van der Waals surface area contributed by atoms with Crippen LogP contribution >= 0.6 is 11.6 Å². The number of rotatable bonds is 3. The normalized spacial score (nSPS) is 10.5. The molecule has 7 heteroatoms. The zero-order chi connectivity index (χ0) is 12.4. The number of benzene rings is 1. The van der Waals surface area contributed by atoms with Gasteiger partial charge in [0, 0.05) is 18.3 Å². The van der Waals surface area contributed by atoms with Crippen molar-refractivity contribution in [2.45, 2.75) is 6.61 Å². The highest BCUT2D eigenvalue weighted by molar-refractivity contribution is 6.32. The molecule has 1 aromatic heterocycles. The van der Waals surface area contributed by atoms with Crippen molar-refractivity contribution < 1.29 is 10.0 Å². The minimum Gasteiger partial charge on any atom is -0.390 e. The van der Waals surface area contributed by atoms with Crippen LogP contribution in [0.15, 0.2) is 30.5 Å². The number of hydrogen-bond donors (Lipinski definition) is 1. The van der Waals surface area contributed by atoms with Gasteiger partial charge in [0.1, 0.15) is 0 Å². The van der Waals surface area contributed by atoms with Gasteiger partial charge in [0.2, 0.25) is 0 Å². The van der Waals surface area contributed by atoms with E-state index in [0.717, 1.165) is 0 Å². The molecule has 0 aliphatic rings. The van der Waals surface area contributed by atoms with Crippen LogP contribution in [-0.2, 0) is 6.61 Å². The van der Waals surface area contributed by atoms with E-state index in [1.54, 1.807) is 12.3 Å². The third kappa shape index (κ3) is 2.27. The van der Waals surface area contributed by atoms with Gasteiger partial charge in [-0.3, -0.25) is 10.1 Å². The molecule has 0 fully saturated rings. The highest BCUT2D eigenvalue weighted by Crippen LogP contribution is 2.25. The van der Waals surface area contributed by atoms with E-state index in [1.807, 2.05) is 0 Å². The average molecular weight is 254 g/mol. The third-order valence-corrected chi connectivity index (χ3v) is 2.50. The quantitative estimate of drug-likeness (QED) is 0.669. The Morgan fingerprint density at radius 1 is 1.47 bits per heavy atom. The molecule has 0 spiro atoms. The maximum absolute atomic E-state index is 10.5. The number of aromatic nitrogens is 2. The van der Waals surface area contributed by atoms with Gasteiger partial charge in [0.25, 0.3) is 5.69 Å². The second kappa shape index (κ2) is 4.52. The summed E-state index contributed by atoms with van der Waals surface area (Å²) in [6.07, 6.45) is 1.62. The molecule has 0 amide bonds. The molecule has 17 heavy (non-hydrogen) atoms. The minimum atomic E-state index is -0.516. The molecule has 0 unspecified atom stereocenters. The number of halogens is 1. The van der Waals surface area contributed by atoms with Crippen molar-refractivity contribution in [3.8, 4) is 5.69 Å². The lowest BCUT2D eigenvalue weighted by atomic mass is 10.3. The number of aliphatic hydroxyl groups is 1. The van der Waals surface area contributed by atoms with E-state index in [1.165, 1.54) is 22.9 Å². The summed E-state index contributed by atoms with van der Waals surface area (Å²) < 4.78 is 1.46. The monoisotopic (exact) mass is 253 g/mol. The highest BCUT2D eigenvalue weighted by Gasteiger charge is 2.11. The summed E-state index contributed by atoms with van der Waals surface area (Å²) in [5.74, 6) is 0. The SMILES string of the molecule is O=[N+]([O-])c1ccc(-n2ccc(CO)n2)c(Cl)c1. The van der Waals surface area contributed by atoms with E-state index < -0.39 is 4.92 Å². The molecule has 0 atom stereocenters. The Morgan fingerprint density at radius 3 is 2.76 bits per heavy atom. The third-order valence-electron chi connectivity index (χ3n) is 2.20. The van der Waals surface area contributed by atoms with E-state index in [2.05, 4.69) is 5.10 Å². The van der Waals surface area contributed by atoms with Crippen LogP contribution in [0.2, 0.25) is 5.02 Å². The number of nitro benzene ring substituents is 1. The number of hydrogen-bond acceptors (Lipinski definition) is 4. The zero-order valence-electron chi connectivity index (χ0n) is 8.58. The Balaban J connectivity index is 2.42. The van der Waals surface area contributed by atoms with Crippen LogP contribution in [0, 0.1) is 10.1 Å². The van der Waals surface area contributed by atoms with E-state index in [4.69, 9.17) is 16.7 Å². The molecule has 88 valence electrons. The summed E-state index contributed by atoms with van der Waals surface area (Å²) in [5, 5.41) is 23.7. The van der Waals surface area contributed by atoms with Crippen molar-refractivity contribution in [1.29, 1.82) is 0 Å². The number of nitro groups is 1. The first kappa shape index (κ1) is 11.6. The Hall–Kier alpha value is -1.92. The molecule has 0 saturated carbocycles. The first-order chi connectivity index (χ1) is 8.11. The Labute approximate surface area is 101 Å². The standard InChI is InChI=1S/C10H8ClN3O3/c11-9-5-8(14(16)17)1-2-10(9)13-4-3-7(6-15)12-13/h1-5,15H,6H2. The lowest BCUT2D eigenvalue weighted by Gasteiger charge is -2.03. The van der Waals surface area contributed by atoms with E-state index >= 15 is 0 Å². The van der Waals surface area contributed by atoms with Gasteiger partial charge >= 0.3 is 0 Å². The van der Waals surface area contributed by atoms with Crippen LogP contribution in [0.25, 0.3) is 5.69 Å². The topological polar surface area (TPSA) is 81.2 Å². The molecule has 0 radical (unpaired) electrons. The van der Waals surface area contributed by atoms with Gasteiger partial charge in [-0.2, -0.15) is 5.10 Å². The summed E-state index contributed by atoms with van der Waals surface area (Å²) in [4.78, 5) is 10.0. The molecule has 1 N–H and O–H groups in total. The molecule has 0 aliphatic heterocycles. The zero-order valence-corrected chi connectivity index (χ0v) is 9.33. The molecule has 2 rings (SSSR count). The van der Waals surface area contributed by atoms with Crippen molar-refractivity contribution >= 4 is 17.3 Å². The summed E-state index contributed by atoms with van der Waals surface area (Å²) in [6, 6.07) is 5.76. The minimum absolute atomic E-state index is 0.0757. The summed E-state index contributed by atoms with van der Waals surface area (Å²) in [5.41, 5.74) is 0.949. The van der Waals surface area contributed by atoms with Gasteiger partial charge in [0.05, 0.1) is 27.9 Å². The van der Waals surface area contributed by atoms with Gasteiger partial charge in [-0.05, 0) is 12.1 Å². The van der Waals surface area contributed by atoms with Crippen LogP contribution in [0.5, 0.6) is 0 Å². The summed E-state index contributed by atoms with van der Waals surface area (Å²) in [6.45, 7) is -0.169. The summed E-state index contributed by atoms with van der Waals surface area (Å²) >= 11 is 5.93. The Kier molecular flexibility index (Phi) is 3.08. The van der Waals surface area contributed by atoms with Gasteiger partial charge in [0.15, 0.2) is 0 Å². The largest absolute Gasteiger partial charge is 0.390 e. The molecule has 6 nitrogen and oxygen atoms in total. The second-order valence-electron chi connectivity index (χ2n) is 3.30. The first-order valence-corrected chi connectivity index (χ1v) is 5.09.